The van der Waals surface area contributed by atoms with Crippen LogP contribution in [0.3, 0.4) is 0 Å². The van der Waals surface area contributed by atoms with Crippen LogP contribution in [-0.4, -0.2) is 59.4 Å². The first-order valence-corrected chi connectivity index (χ1v) is 7.12. The van der Waals surface area contributed by atoms with Crippen LogP contribution in [0.25, 0.3) is 0 Å². The third-order valence-corrected chi connectivity index (χ3v) is 3.64. The van der Waals surface area contributed by atoms with Crippen molar-refractivity contribution >= 4 is 29.1 Å². The molecule has 0 saturated carbocycles. The van der Waals surface area contributed by atoms with Crippen molar-refractivity contribution in [2.45, 2.75) is 13.3 Å². The largest absolute Gasteiger partial charge is 0.481 e. The maximum atomic E-state index is 12.0. The van der Waals surface area contributed by atoms with Gasteiger partial charge in [0.15, 0.2) is 0 Å². The number of amides is 2. The molecule has 1 rings (SSSR count). The molecule has 0 aliphatic carbocycles. The van der Waals surface area contributed by atoms with Gasteiger partial charge in [0.1, 0.15) is 0 Å². The van der Waals surface area contributed by atoms with Crippen molar-refractivity contribution in [3.05, 3.63) is 22.4 Å². The first-order chi connectivity index (χ1) is 9.45. The van der Waals surface area contributed by atoms with Crippen LogP contribution in [0.2, 0.25) is 0 Å². The Bertz CT molecular complexity index is 473. The van der Waals surface area contributed by atoms with E-state index in [1.807, 2.05) is 0 Å². The molecule has 0 aromatic carbocycles. The first kappa shape index (κ1) is 16.2. The van der Waals surface area contributed by atoms with Crippen molar-refractivity contribution in [1.29, 1.82) is 0 Å². The van der Waals surface area contributed by atoms with E-state index >= 15 is 0 Å². The summed E-state index contributed by atoms with van der Waals surface area (Å²) in [6.07, 6.45) is -0.0951. The summed E-state index contributed by atoms with van der Waals surface area (Å²) in [7, 11) is 1.56. The highest BCUT2D eigenvalue weighted by Crippen LogP contribution is 2.11. The van der Waals surface area contributed by atoms with Crippen molar-refractivity contribution in [1.82, 2.24) is 9.80 Å². The fourth-order valence-electron chi connectivity index (χ4n) is 1.65. The van der Waals surface area contributed by atoms with Crippen LogP contribution in [0.1, 0.15) is 23.0 Å². The molecule has 110 valence electrons. The van der Waals surface area contributed by atoms with E-state index in [4.69, 9.17) is 5.11 Å². The lowest BCUT2D eigenvalue weighted by molar-refractivity contribution is -0.138. The van der Waals surface area contributed by atoms with Crippen molar-refractivity contribution in [3.8, 4) is 0 Å². The molecule has 0 saturated heterocycles. The summed E-state index contributed by atoms with van der Waals surface area (Å²) < 4.78 is 0. The number of hydrogen-bond acceptors (Lipinski definition) is 4. The molecule has 0 unspecified atom stereocenters. The number of carboxylic acids is 1. The van der Waals surface area contributed by atoms with E-state index in [1.165, 1.54) is 21.1 Å². The highest BCUT2D eigenvalue weighted by atomic mass is 32.1. The Balaban J connectivity index is 2.55. The number of carbonyl (C=O) groups is 3. The lowest BCUT2D eigenvalue weighted by Gasteiger charge is -2.23. The zero-order valence-corrected chi connectivity index (χ0v) is 12.4. The molecule has 7 heteroatoms. The molecule has 20 heavy (non-hydrogen) atoms. The second-order valence-electron chi connectivity index (χ2n) is 4.26. The summed E-state index contributed by atoms with van der Waals surface area (Å²) in [6, 6.07) is 3.48. The minimum atomic E-state index is -0.945. The van der Waals surface area contributed by atoms with Crippen LogP contribution >= 0.6 is 11.3 Å². The van der Waals surface area contributed by atoms with Gasteiger partial charge in [0.2, 0.25) is 5.91 Å². The lowest BCUT2D eigenvalue weighted by Crippen LogP contribution is -2.41. The van der Waals surface area contributed by atoms with E-state index in [1.54, 1.807) is 31.5 Å². The second-order valence-corrected chi connectivity index (χ2v) is 5.20. The van der Waals surface area contributed by atoms with Crippen LogP contribution in [-0.2, 0) is 9.59 Å². The van der Waals surface area contributed by atoms with E-state index in [2.05, 4.69) is 0 Å². The molecule has 0 aliphatic heterocycles. The van der Waals surface area contributed by atoms with Gasteiger partial charge in [-0.2, -0.15) is 0 Å². The molecular weight excluding hydrogens is 280 g/mol. The summed E-state index contributed by atoms with van der Waals surface area (Å²) in [6.45, 7) is 2.31. The standard InChI is InChI=1S/C13H18N2O4S/c1-3-15(7-6-12(17)18)11(16)9-14(2)13(19)10-5-4-8-20-10/h4-5,8H,3,6-7,9H2,1-2H3,(H,17,18). The zero-order valence-electron chi connectivity index (χ0n) is 11.5. The highest BCUT2D eigenvalue weighted by Gasteiger charge is 2.19. The predicted octanol–water partition coefficient (Wildman–Crippen LogP) is 1.14. The molecule has 1 N–H and O–H groups in total. The van der Waals surface area contributed by atoms with Gasteiger partial charge >= 0.3 is 5.97 Å². The molecule has 6 nitrogen and oxygen atoms in total. The number of thiophene rings is 1. The van der Waals surface area contributed by atoms with Crippen molar-refractivity contribution in [3.63, 3.8) is 0 Å². The third kappa shape index (κ3) is 4.65. The number of hydrogen-bond donors (Lipinski definition) is 1. The Hall–Kier alpha value is -1.89. The van der Waals surface area contributed by atoms with E-state index in [9.17, 15) is 14.4 Å². The normalized spacial score (nSPS) is 10.1. The SMILES string of the molecule is CCN(CCC(=O)O)C(=O)CN(C)C(=O)c1cccs1. The minimum Gasteiger partial charge on any atom is -0.481 e. The molecule has 1 aromatic rings. The summed E-state index contributed by atoms with van der Waals surface area (Å²) >= 11 is 1.32. The maximum Gasteiger partial charge on any atom is 0.305 e. The van der Waals surface area contributed by atoms with E-state index in [-0.39, 0.29) is 31.3 Å². The van der Waals surface area contributed by atoms with Gasteiger partial charge in [-0.1, -0.05) is 6.07 Å². The Morgan fingerprint density at radius 3 is 2.55 bits per heavy atom. The molecule has 2 amide bonds. The summed E-state index contributed by atoms with van der Waals surface area (Å²) in [5.74, 6) is -1.40. The zero-order chi connectivity index (χ0) is 15.1. The number of rotatable bonds is 7. The Labute approximate surface area is 121 Å². The van der Waals surface area contributed by atoms with Crippen LogP contribution in [0.5, 0.6) is 0 Å². The van der Waals surface area contributed by atoms with Gasteiger partial charge in [0.25, 0.3) is 5.91 Å². The molecule has 0 spiro atoms. The van der Waals surface area contributed by atoms with E-state index in [0.29, 0.717) is 11.4 Å². The smallest absolute Gasteiger partial charge is 0.305 e. The quantitative estimate of drug-likeness (QED) is 0.819. The molecule has 0 aliphatic rings. The first-order valence-electron chi connectivity index (χ1n) is 6.24. The van der Waals surface area contributed by atoms with Crippen LogP contribution in [0.4, 0.5) is 0 Å². The third-order valence-electron chi connectivity index (χ3n) is 2.78. The fourth-order valence-corrected chi connectivity index (χ4v) is 2.37. The number of aliphatic carboxylic acids is 1. The summed E-state index contributed by atoms with van der Waals surface area (Å²) in [4.78, 5) is 37.9. The second kappa shape index (κ2) is 7.64. The Kier molecular flexibility index (Phi) is 6.17. The topological polar surface area (TPSA) is 77.9 Å². The van der Waals surface area contributed by atoms with E-state index in [0.717, 1.165) is 0 Å². The van der Waals surface area contributed by atoms with Gasteiger partial charge in [-0.05, 0) is 18.4 Å². The summed E-state index contributed by atoms with van der Waals surface area (Å²) in [5.41, 5.74) is 0. The Morgan fingerprint density at radius 2 is 2.05 bits per heavy atom. The van der Waals surface area contributed by atoms with Gasteiger partial charge in [-0.25, -0.2) is 0 Å². The molecule has 0 atom stereocenters. The molecule has 1 aromatic heterocycles. The van der Waals surface area contributed by atoms with Crippen molar-refractivity contribution in [2.24, 2.45) is 0 Å². The number of nitrogens with zero attached hydrogens (tertiary/aromatic N) is 2. The van der Waals surface area contributed by atoms with Crippen LogP contribution < -0.4 is 0 Å². The van der Waals surface area contributed by atoms with Gasteiger partial charge in [-0.15, -0.1) is 11.3 Å². The average Bonchev–Trinajstić information content (AvgIpc) is 2.91. The van der Waals surface area contributed by atoms with Crippen LogP contribution in [0, 0.1) is 0 Å². The van der Waals surface area contributed by atoms with Crippen molar-refractivity contribution in [2.75, 3.05) is 26.7 Å². The van der Waals surface area contributed by atoms with Crippen LogP contribution in [0.15, 0.2) is 17.5 Å². The van der Waals surface area contributed by atoms with Gasteiger partial charge in [-0.3, -0.25) is 14.4 Å². The van der Waals surface area contributed by atoms with Crippen molar-refractivity contribution < 1.29 is 19.5 Å². The predicted molar refractivity (Wildman–Crippen MR) is 75.8 cm³/mol. The molecule has 0 radical (unpaired) electrons. The average molecular weight is 298 g/mol. The number of carboxylic acid groups (broad SMARTS) is 1. The molecule has 0 fully saturated rings. The Morgan fingerprint density at radius 1 is 1.35 bits per heavy atom. The molecular formula is C13H18N2O4S. The minimum absolute atomic E-state index is 0.0514. The number of carbonyl (C=O) groups excluding carboxylic acids is 2. The fraction of sp³-hybridized carbons (Fsp3) is 0.462. The maximum absolute atomic E-state index is 12.0. The molecule has 0 bridgehead atoms. The summed E-state index contributed by atoms with van der Waals surface area (Å²) in [5, 5.41) is 10.4. The highest BCUT2D eigenvalue weighted by molar-refractivity contribution is 7.12. The van der Waals surface area contributed by atoms with Gasteiger partial charge in [0, 0.05) is 20.1 Å². The van der Waals surface area contributed by atoms with E-state index < -0.39 is 5.97 Å². The van der Waals surface area contributed by atoms with Gasteiger partial charge in [0.05, 0.1) is 17.8 Å². The number of likely N-dealkylation sites (N-methyl/N-ethyl adjacent to an activating group) is 2. The lowest BCUT2D eigenvalue weighted by atomic mass is 10.3. The molecule has 1 heterocycles. The monoisotopic (exact) mass is 298 g/mol. The van der Waals surface area contributed by atoms with Gasteiger partial charge < -0.3 is 14.9 Å².